The van der Waals surface area contributed by atoms with Crippen molar-refractivity contribution in [3.05, 3.63) is 17.0 Å². The lowest BCUT2D eigenvalue weighted by molar-refractivity contribution is -0.0337. The third-order valence-corrected chi connectivity index (χ3v) is 3.43. The third-order valence-electron chi connectivity index (χ3n) is 3.43. The Morgan fingerprint density at radius 2 is 2.25 bits per heavy atom. The van der Waals surface area contributed by atoms with E-state index in [1.165, 1.54) is 5.56 Å². The van der Waals surface area contributed by atoms with Crippen molar-refractivity contribution < 1.29 is 9.84 Å². The average molecular weight is 224 g/mol. The molecule has 0 radical (unpaired) electrons. The quantitative estimate of drug-likeness (QED) is 0.825. The van der Waals surface area contributed by atoms with E-state index in [1.54, 1.807) is 0 Å². The number of rotatable bonds is 2. The minimum Gasteiger partial charge on any atom is -0.391 e. The van der Waals surface area contributed by atoms with Gasteiger partial charge in [0.1, 0.15) is 6.04 Å². The maximum Gasteiger partial charge on any atom is 0.101 e. The Balaban J connectivity index is 2.32. The Labute approximate surface area is 96.2 Å². The maximum atomic E-state index is 9.98. The second kappa shape index (κ2) is 4.55. The fraction of sp³-hybridized carbons (Fsp3) is 0.750. The summed E-state index contributed by atoms with van der Waals surface area (Å²) in [6, 6.07) is -0.0206. The zero-order valence-corrected chi connectivity index (χ0v) is 10.2. The molecule has 1 aliphatic rings. The van der Waals surface area contributed by atoms with Crippen LogP contribution in [0, 0.1) is 13.8 Å². The topological polar surface area (TPSA) is 47.3 Å². The van der Waals surface area contributed by atoms with Gasteiger partial charge in [0.25, 0.3) is 0 Å². The number of ether oxygens (including phenoxy) is 1. The van der Waals surface area contributed by atoms with Crippen LogP contribution >= 0.6 is 0 Å². The molecule has 1 aliphatic heterocycles. The molecule has 1 N–H and O–H groups in total. The van der Waals surface area contributed by atoms with Gasteiger partial charge in [-0.05, 0) is 32.3 Å². The van der Waals surface area contributed by atoms with Gasteiger partial charge in [-0.15, -0.1) is 0 Å². The van der Waals surface area contributed by atoms with Crippen LogP contribution < -0.4 is 0 Å². The van der Waals surface area contributed by atoms with Gasteiger partial charge >= 0.3 is 0 Å². The molecule has 2 atom stereocenters. The van der Waals surface area contributed by atoms with Crippen molar-refractivity contribution >= 4 is 0 Å². The number of aryl methyl sites for hydroxylation is 1. The van der Waals surface area contributed by atoms with Crippen LogP contribution in [0.15, 0.2) is 0 Å². The molecule has 1 saturated heterocycles. The summed E-state index contributed by atoms with van der Waals surface area (Å²) in [5, 5.41) is 14.5. The predicted molar refractivity (Wildman–Crippen MR) is 61.6 cm³/mol. The first kappa shape index (κ1) is 11.6. The summed E-state index contributed by atoms with van der Waals surface area (Å²) in [5.41, 5.74) is 3.52. The normalized spacial score (nSPS) is 26.0. The number of nitrogens with zero attached hydrogens (tertiary/aromatic N) is 2. The van der Waals surface area contributed by atoms with Crippen LogP contribution in [-0.4, -0.2) is 34.2 Å². The molecule has 2 rings (SSSR count). The molecule has 4 heteroatoms. The Bertz CT molecular complexity index is 373. The molecule has 0 aliphatic carbocycles. The predicted octanol–water partition coefficient (Wildman–Crippen LogP) is 1.38. The highest BCUT2D eigenvalue weighted by Gasteiger charge is 2.28. The fourth-order valence-electron chi connectivity index (χ4n) is 2.48. The molecule has 1 fully saturated rings. The molecule has 0 saturated carbocycles. The number of hydrogen-bond donors (Lipinski definition) is 1. The van der Waals surface area contributed by atoms with Crippen LogP contribution in [0.25, 0.3) is 0 Å². The van der Waals surface area contributed by atoms with Crippen molar-refractivity contribution in [2.75, 3.05) is 13.2 Å². The van der Waals surface area contributed by atoms with Crippen molar-refractivity contribution in [3.8, 4) is 0 Å². The summed E-state index contributed by atoms with van der Waals surface area (Å²) < 4.78 is 7.37. The van der Waals surface area contributed by atoms with Gasteiger partial charge in [-0.1, -0.05) is 6.92 Å². The standard InChI is InChI=1S/C12H20N2O2/c1-4-10-8(2)13-14(9(10)3)11-7-16-6-5-12(11)15/h11-12,15H,4-7H2,1-3H3. The molecule has 1 aromatic heterocycles. The van der Waals surface area contributed by atoms with Gasteiger partial charge in [-0.2, -0.15) is 5.10 Å². The Hall–Kier alpha value is -0.870. The minimum absolute atomic E-state index is 0.0206. The lowest BCUT2D eigenvalue weighted by Crippen LogP contribution is -2.35. The van der Waals surface area contributed by atoms with Gasteiger partial charge in [0.2, 0.25) is 0 Å². The first-order valence-corrected chi connectivity index (χ1v) is 5.95. The van der Waals surface area contributed by atoms with Gasteiger partial charge in [0, 0.05) is 12.3 Å². The van der Waals surface area contributed by atoms with E-state index in [0.29, 0.717) is 19.6 Å². The SMILES string of the molecule is CCc1c(C)nn(C2COCCC2O)c1C. The first-order valence-electron chi connectivity index (χ1n) is 5.95. The lowest BCUT2D eigenvalue weighted by atomic mass is 10.1. The smallest absolute Gasteiger partial charge is 0.101 e. The van der Waals surface area contributed by atoms with Gasteiger partial charge in [0.05, 0.1) is 18.4 Å². The van der Waals surface area contributed by atoms with Crippen molar-refractivity contribution in [1.29, 1.82) is 0 Å². The summed E-state index contributed by atoms with van der Waals surface area (Å²) in [6.07, 6.45) is 1.35. The second-order valence-corrected chi connectivity index (χ2v) is 4.45. The van der Waals surface area contributed by atoms with Gasteiger partial charge in [0.15, 0.2) is 0 Å². The summed E-state index contributed by atoms with van der Waals surface area (Å²) >= 11 is 0. The van der Waals surface area contributed by atoms with Crippen LogP contribution in [0.3, 0.4) is 0 Å². The highest BCUT2D eigenvalue weighted by molar-refractivity contribution is 5.24. The number of aliphatic hydroxyl groups excluding tert-OH is 1. The van der Waals surface area contributed by atoms with Crippen LogP contribution in [0.2, 0.25) is 0 Å². The van der Waals surface area contributed by atoms with Crippen molar-refractivity contribution in [2.24, 2.45) is 0 Å². The van der Waals surface area contributed by atoms with Crippen LogP contribution in [0.5, 0.6) is 0 Å². The van der Waals surface area contributed by atoms with E-state index >= 15 is 0 Å². The first-order chi connectivity index (χ1) is 7.65. The van der Waals surface area contributed by atoms with E-state index in [9.17, 15) is 5.11 Å². The minimum atomic E-state index is -0.337. The van der Waals surface area contributed by atoms with E-state index in [0.717, 1.165) is 17.8 Å². The van der Waals surface area contributed by atoms with Crippen LogP contribution in [0.1, 0.15) is 36.3 Å². The molecular formula is C12H20N2O2. The van der Waals surface area contributed by atoms with Crippen molar-refractivity contribution in [3.63, 3.8) is 0 Å². The van der Waals surface area contributed by atoms with Gasteiger partial charge in [-0.3, -0.25) is 4.68 Å². The van der Waals surface area contributed by atoms with Crippen molar-refractivity contribution in [2.45, 2.75) is 45.8 Å². The zero-order chi connectivity index (χ0) is 11.7. The molecule has 0 spiro atoms. The highest BCUT2D eigenvalue weighted by atomic mass is 16.5. The van der Waals surface area contributed by atoms with Crippen LogP contribution in [0.4, 0.5) is 0 Å². The second-order valence-electron chi connectivity index (χ2n) is 4.45. The molecule has 2 heterocycles. The average Bonchev–Trinajstić information content (AvgIpc) is 2.55. The summed E-state index contributed by atoms with van der Waals surface area (Å²) in [6.45, 7) is 7.44. The van der Waals surface area contributed by atoms with Gasteiger partial charge in [-0.25, -0.2) is 0 Å². The fourth-order valence-corrected chi connectivity index (χ4v) is 2.48. The van der Waals surface area contributed by atoms with Crippen molar-refractivity contribution in [1.82, 2.24) is 9.78 Å². The lowest BCUT2D eigenvalue weighted by Gasteiger charge is -2.28. The molecule has 1 aromatic rings. The molecule has 0 amide bonds. The number of hydrogen-bond acceptors (Lipinski definition) is 3. The molecule has 0 bridgehead atoms. The Morgan fingerprint density at radius 3 is 2.81 bits per heavy atom. The molecule has 16 heavy (non-hydrogen) atoms. The van der Waals surface area contributed by atoms with Gasteiger partial charge < -0.3 is 9.84 Å². The van der Waals surface area contributed by atoms with E-state index in [2.05, 4.69) is 18.9 Å². The Morgan fingerprint density at radius 1 is 1.50 bits per heavy atom. The molecular weight excluding hydrogens is 204 g/mol. The number of aromatic nitrogens is 2. The monoisotopic (exact) mass is 224 g/mol. The Kier molecular flexibility index (Phi) is 3.30. The molecule has 4 nitrogen and oxygen atoms in total. The largest absolute Gasteiger partial charge is 0.391 e. The highest BCUT2D eigenvalue weighted by Crippen LogP contribution is 2.24. The van der Waals surface area contributed by atoms with E-state index in [-0.39, 0.29) is 12.1 Å². The zero-order valence-electron chi connectivity index (χ0n) is 10.2. The summed E-state index contributed by atoms with van der Waals surface area (Å²) in [5.74, 6) is 0. The molecule has 2 unspecified atom stereocenters. The number of aliphatic hydroxyl groups is 1. The van der Waals surface area contributed by atoms with Crippen LogP contribution in [-0.2, 0) is 11.2 Å². The molecule has 0 aromatic carbocycles. The summed E-state index contributed by atoms with van der Waals surface area (Å²) in [7, 11) is 0. The maximum absolute atomic E-state index is 9.98. The molecule has 90 valence electrons. The van der Waals surface area contributed by atoms with E-state index < -0.39 is 0 Å². The summed E-state index contributed by atoms with van der Waals surface area (Å²) in [4.78, 5) is 0. The third kappa shape index (κ3) is 1.87. The van der Waals surface area contributed by atoms with E-state index in [4.69, 9.17) is 4.74 Å². The van der Waals surface area contributed by atoms with E-state index in [1.807, 2.05) is 11.6 Å².